The van der Waals surface area contributed by atoms with Gasteiger partial charge in [-0.3, -0.25) is 9.59 Å². The Balaban J connectivity index is 1.42. The minimum Gasteiger partial charge on any atom is -0.347 e. The number of fused-ring (bicyclic) bond motifs is 1. The molecular weight excluding hydrogens is 392 g/mol. The van der Waals surface area contributed by atoms with Gasteiger partial charge in [0.2, 0.25) is 0 Å². The van der Waals surface area contributed by atoms with Crippen LogP contribution in [0.15, 0.2) is 60.7 Å². The Bertz CT molecular complexity index is 1020. The minimum absolute atomic E-state index is 0.0319. The van der Waals surface area contributed by atoms with Gasteiger partial charge in [0.05, 0.1) is 4.88 Å². The van der Waals surface area contributed by atoms with Crippen LogP contribution in [0.1, 0.15) is 36.0 Å². The number of carbonyl (C=O) groups excluding carboxylic acids is 2. The summed E-state index contributed by atoms with van der Waals surface area (Å²) in [7, 11) is 0. The van der Waals surface area contributed by atoms with Gasteiger partial charge < -0.3 is 10.2 Å². The molecule has 0 unspecified atom stereocenters. The van der Waals surface area contributed by atoms with Crippen molar-refractivity contribution in [2.45, 2.75) is 19.5 Å². The van der Waals surface area contributed by atoms with E-state index >= 15 is 0 Å². The highest BCUT2D eigenvalue weighted by Gasteiger charge is 2.25. The van der Waals surface area contributed by atoms with Gasteiger partial charge in [-0.05, 0) is 47.9 Å². The molecule has 0 atom stereocenters. The lowest BCUT2D eigenvalue weighted by atomic mass is 10.1. The zero-order chi connectivity index (χ0) is 19.5. The number of nitrogens with zero attached hydrogens (tertiary/aromatic N) is 1. The second kappa shape index (κ2) is 8.17. The summed E-state index contributed by atoms with van der Waals surface area (Å²) in [5.41, 5.74) is 2.72. The number of hydrogen-bond acceptors (Lipinski definition) is 3. The van der Waals surface area contributed by atoms with Crippen molar-refractivity contribution in [1.29, 1.82) is 0 Å². The quantitative estimate of drug-likeness (QED) is 0.687. The van der Waals surface area contributed by atoms with Crippen molar-refractivity contribution in [1.82, 2.24) is 10.2 Å². The third kappa shape index (κ3) is 4.11. The van der Waals surface area contributed by atoms with Gasteiger partial charge in [0.15, 0.2) is 0 Å². The Morgan fingerprint density at radius 1 is 1.07 bits per heavy atom. The Labute approximate surface area is 172 Å². The molecule has 1 aromatic heterocycles. The normalized spacial score (nSPS) is 13.1. The standard InChI is InChI=1S/C22H19ClN2O2S/c23-18-8-4-5-15(11-18)13-24-21(26)20-12-17-14-25(10-9-19(17)28-20)22(27)16-6-2-1-3-7-16/h1-8,11-12H,9-10,13-14H2,(H,24,26). The fraction of sp³-hybridized carbons (Fsp3) is 0.182. The zero-order valence-electron chi connectivity index (χ0n) is 15.2. The van der Waals surface area contributed by atoms with Gasteiger partial charge in [-0.25, -0.2) is 0 Å². The smallest absolute Gasteiger partial charge is 0.261 e. The topological polar surface area (TPSA) is 49.4 Å². The van der Waals surface area contributed by atoms with E-state index in [9.17, 15) is 9.59 Å². The van der Waals surface area contributed by atoms with Gasteiger partial charge in [0.25, 0.3) is 11.8 Å². The molecule has 2 heterocycles. The molecule has 1 aliphatic rings. The SMILES string of the molecule is O=C(NCc1cccc(Cl)c1)c1cc2c(s1)CCN(C(=O)c1ccccc1)C2. The number of nitrogens with one attached hydrogen (secondary N) is 1. The van der Waals surface area contributed by atoms with Crippen LogP contribution in [0, 0.1) is 0 Å². The highest BCUT2D eigenvalue weighted by atomic mass is 35.5. The predicted octanol–water partition coefficient (Wildman–Crippen LogP) is 4.53. The third-order valence-electron chi connectivity index (χ3n) is 4.74. The maximum atomic E-state index is 12.7. The number of hydrogen-bond donors (Lipinski definition) is 1. The molecule has 142 valence electrons. The Morgan fingerprint density at radius 3 is 2.68 bits per heavy atom. The van der Waals surface area contributed by atoms with Crippen LogP contribution in [0.5, 0.6) is 0 Å². The lowest BCUT2D eigenvalue weighted by molar-refractivity contribution is 0.0736. The zero-order valence-corrected chi connectivity index (χ0v) is 16.7. The first-order valence-corrected chi connectivity index (χ1v) is 10.3. The van der Waals surface area contributed by atoms with E-state index in [1.165, 1.54) is 16.2 Å². The van der Waals surface area contributed by atoms with Gasteiger partial charge >= 0.3 is 0 Å². The van der Waals surface area contributed by atoms with Crippen LogP contribution in [0.2, 0.25) is 5.02 Å². The maximum Gasteiger partial charge on any atom is 0.261 e. The molecule has 0 radical (unpaired) electrons. The number of thiophene rings is 1. The minimum atomic E-state index is -0.0969. The van der Waals surface area contributed by atoms with Crippen molar-refractivity contribution in [2.24, 2.45) is 0 Å². The van der Waals surface area contributed by atoms with Gasteiger partial charge in [-0.15, -0.1) is 11.3 Å². The van der Waals surface area contributed by atoms with E-state index in [-0.39, 0.29) is 11.8 Å². The molecule has 0 saturated carbocycles. The predicted molar refractivity (Wildman–Crippen MR) is 112 cm³/mol. The molecule has 2 amide bonds. The molecule has 1 N–H and O–H groups in total. The molecule has 0 bridgehead atoms. The van der Waals surface area contributed by atoms with Crippen molar-refractivity contribution in [2.75, 3.05) is 6.54 Å². The van der Waals surface area contributed by atoms with E-state index in [1.807, 2.05) is 65.6 Å². The van der Waals surface area contributed by atoms with Crippen LogP contribution < -0.4 is 5.32 Å². The van der Waals surface area contributed by atoms with E-state index in [2.05, 4.69) is 5.32 Å². The van der Waals surface area contributed by atoms with Gasteiger partial charge in [-0.1, -0.05) is 41.9 Å². The maximum absolute atomic E-state index is 12.7. The van der Waals surface area contributed by atoms with Crippen molar-refractivity contribution in [3.05, 3.63) is 92.1 Å². The van der Waals surface area contributed by atoms with E-state index < -0.39 is 0 Å². The molecule has 28 heavy (non-hydrogen) atoms. The summed E-state index contributed by atoms with van der Waals surface area (Å²) < 4.78 is 0. The Kier molecular flexibility index (Phi) is 5.46. The Morgan fingerprint density at radius 2 is 1.89 bits per heavy atom. The highest BCUT2D eigenvalue weighted by molar-refractivity contribution is 7.14. The molecule has 4 nitrogen and oxygen atoms in total. The third-order valence-corrected chi connectivity index (χ3v) is 6.21. The fourth-order valence-corrected chi connectivity index (χ4v) is 4.59. The second-order valence-corrected chi connectivity index (χ2v) is 8.29. The lowest BCUT2D eigenvalue weighted by Gasteiger charge is -2.27. The summed E-state index contributed by atoms with van der Waals surface area (Å²) in [5, 5.41) is 3.60. The fourth-order valence-electron chi connectivity index (χ4n) is 3.30. The van der Waals surface area contributed by atoms with E-state index in [0.29, 0.717) is 35.1 Å². The average molecular weight is 411 g/mol. The van der Waals surface area contributed by atoms with Crippen molar-refractivity contribution < 1.29 is 9.59 Å². The molecule has 6 heteroatoms. The number of halogens is 1. The second-order valence-electron chi connectivity index (χ2n) is 6.71. The number of carbonyl (C=O) groups is 2. The number of amides is 2. The first kappa shape index (κ1) is 18.7. The summed E-state index contributed by atoms with van der Waals surface area (Å²) in [4.78, 5) is 28.9. The molecule has 0 saturated heterocycles. The van der Waals surface area contributed by atoms with E-state index in [1.54, 1.807) is 0 Å². The monoisotopic (exact) mass is 410 g/mol. The van der Waals surface area contributed by atoms with Crippen molar-refractivity contribution in [3.63, 3.8) is 0 Å². The molecule has 3 aromatic rings. The van der Waals surface area contributed by atoms with E-state index in [4.69, 9.17) is 11.6 Å². The molecule has 4 rings (SSSR count). The largest absolute Gasteiger partial charge is 0.347 e. The number of benzene rings is 2. The van der Waals surface area contributed by atoms with Crippen LogP contribution >= 0.6 is 22.9 Å². The van der Waals surface area contributed by atoms with Crippen molar-refractivity contribution >= 4 is 34.8 Å². The molecular formula is C22H19ClN2O2S. The van der Waals surface area contributed by atoms with E-state index in [0.717, 1.165) is 17.5 Å². The molecule has 0 fully saturated rings. The number of rotatable bonds is 4. The molecule has 0 aliphatic carbocycles. The van der Waals surface area contributed by atoms with Crippen LogP contribution in [0.25, 0.3) is 0 Å². The van der Waals surface area contributed by atoms with Crippen LogP contribution in [0.4, 0.5) is 0 Å². The van der Waals surface area contributed by atoms with Crippen LogP contribution in [-0.2, 0) is 19.5 Å². The summed E-state index contributed by atoms with van der Waals surface area (Å²) in [6.45, 7) is 1.65. The summed E-state index contributed by atoms with van der Waals surface area (Å²) in [5.74, 6) is -0.0651. The lowest BCUT2D eigenvalue weighted by Crippen LogP contribution is -2.35. The Hall–Kier alpha value is -2.63. The van der Waals surface area contributed by atoms with Gasteiger partial charge in [-0.2, -0.15) is 0 Å². The van der Waals surface area contributed by atoms with Crippen LogP contribution in [0.3, 0.4) is 0 Å². The summed E-state index contributed by atoms with van der Waals surface area (Å²) in [6.07, 6.45) is 0.778. The first-order valence-electron chi connectivity index (χ1n) is 9.09. The first-order chi connectivity index (χ1) is 13.6. The molecule has 2 aromatic carbocycles. The molecule has 0 spiro atoms. The van der Waals surface area contributed by atoms with Gasteiger partial charge in [0, 0.05) is 35.1 Å². The van der Waals surface area contributed by atoms with Gasteiger partial charge in [0.1, 0.15) is 0 Å². The highest BCUT2D eigenvalue weighted by Crippen LogP contribution is 2.29. The summed E-state index contributed by atoms with van der Waals surface area (Å²) in [6, 6.07) is 18.7. The van der Waals surface area contributed by atoms with Crippen molar-refractivity contribution in [3.8, 4) is 0 Å². The van der Waals surface area contributed by atoms with Crippen LogP contribution in [-0.4, -0.2) is 23.3 Å². The molecule has 1 aliphatic heterocycles. The summed E-state index contributed by atoms with van der Waals surface area (Å²) >= 11 is 7.50. The average Bonchev–Trinajstić information content (AvgIpc) is 3.15.